The summed E-state index contributed by atoms with van der Waals surface area (Å²) < 4.78 is 0. The third-order valence-electron chi connectivity index (χ3n) is 13.8. The summed E-state index contributed by atoms with van der Waals surface area (Å²) in [5.74, 6) is 2.84. The van der Waals surface area contributed by atoms with Gasteiger partial charge in [-0.25, -0.2) is 0 Å². The van der Waals surface area contributed by atoms with Crippen LogP contribution in [0, 0.1) is 56.2 Å². The molecule has 0 amide bonds. The SMILES string of the molecule is C[C@H]1C(=O)CC[C@@H]2[C@]1(C)CC[C@H]1[C@@]2(C)CC[C@@]2(C)[C@@H]3CC(C)(C)CC[C@]3(CO)CC[C@@]12C. The fourth-order valence-electron chi connectivity index (χ4n) is 11.3. The van der Waals surface area contributed by atoms with Gasteiger partial charge in [0.2, 0.25) is 0 Å². The molecule has 0 aromatic rings. The molecule has 9 atom stereocenters. The molecule has 0 radical (unpaired) electrons. The number of rotatable bonds is 1. The average molecular weight is 443 g/mol. The topological polar surface area (TPSA) is 37.3 Å². The van der Waals surface area contributed by atoms with Gasteiger partial charge >= 0.3 is 0 Å². The van der Waals surface area contributed by atoms with Crippen molar-refractivity contribution in [1.29, 1.82) is 0 Å². The second-order valence-electron chi connectivity index (χ2n) is 15.2. The van der Waals surface area contributed by atoms with Crippen molar-refractivity contribution in [1.82, 2.24) is 0 Å². The summed E-state index contributed by atoms with van der Waals surface area (Å²) >= 11 is 0. The molecule has 5 fully saturated rings. The highest BCUT2D eigenvalue weighted by Crippen LogP contribution is 2.78. The molecule has 5 rings (SSSR count). The predicted octanol–water partition coefficient (Wildman–Crippen LogP) is 7.43. The highest BCUT2D eigenvalue weighted by atomic mass is 16.3. The maximum absolute atomic E-state index is 12.7. The van der Waals surface area contributed by atoms with E-state index in [1.54, 1.807) is 0 Å². The maximum atomic E-state index is 12.7. The van der Waals surface area contributed by atoms with Gasteiger partial charge < -0.3 is 5.11 Å². The van der Waals surface area contributed by atoms with Gasteiger partial charge in [0, 0.05) is 18.9 Å². The zero-order chi connectivity index (χ0) is 23.4. The lowest BCUT2D eigenvalue weighted by Crippen LogP contribution is -2.68. The molecule has 0 aliphatic heterocycles. The van der Waals surface area contributed by atoms with E-state index in [0.717, 1.165) is 18.8 Å². The lowest BCUT2D eigenvalue weighted by molar-refractivity contribution is -0.263. The molecule has 5 aliphatic rings. The highest BCUT2D eigenvalue weighted by Gasteiger charge is 2.71. The molecule has 32 heavy (non-hydrogen) atoms. The number of hydrogen-bond donors (Lipinski definition) is 1. The number of aliphatic hydroxyl groups excluding tert-OH is 1. The Kier molecular flexibility index (Phi) is 5.01. The molecule has 182 valence electrons. The van der Waals surface area contributed by atoms with E-state index in [2.05, 4.69) is 48.5 Å². The van der Waals surface area contributed by atoms with Crippen molar-refractivity contribution in [3.8, 4) is 0 Å². The summed E-state index contributed by atoms with van der Waals surface area (Å²) in [6.45, 7) is 18.0. The zero-order valence-electron chi connectivity index (χ0n) is 22.2. The summed E-state index contributed by atoms with van der Waals surface area (Å²) in [5, 5.41) is 10.7. The van der Waals surface area contributed by atoms with Gasteiger partial charge in [-0.2, -0.15) is 0 Å². The first-order valence-corrected chi connectivity index (χ1v) is 13.9. The van der Waals surface area contributed by atoms with E-state index in [1.807, 2.05) is 0 Å². The van der Waals surface area contributed by atoms with Crippen LogP contribution in [0.4, 0.5) is 0 Å². The average Bonchev–Trinajstić information content (AvgIpc) is 2.73. The molecule has 0 bridgehead atoms. The van der Waals surface area contributed by atoms with E-state index in [0.29, 0.717) is 45.9 Å². The molecular formula is C30H50O2. The number of carbonyl (C=O) groups excluding carboxylic acids is 1. The molecule has 0 unspecified atom stereocenters. The van der Waals surface area contributed by atoms with E-state index in [-0.39, 0.29) is 16.7 Å². The number of carbonyl (C=O) groups is 1. The van der Waals surface area contributed by atoms with Crippen LogP contribution in [-0.4, -0.2) is 17.5 Å². The van der Waals surface area contributed by atoms with Crippen molar-refractivity contribution in [2.45, 2.75) is 119 Å². The van der Waals surface area contributed by atoms with Gasteiger partial charge in [0.15, 0.2) is 0 Å². The number of Topliss-reactive ketones (excluding diaryl/α,β-unsaturated/α-hetero) is 1. The molecule has 2 nitrogen and oxygen atoms in total. The van der Waals surface area contributed by atoms with Crippen molar-refractivity contribution in [2.75, 3.05) is 6.61 Å². The molecule has 0 aromatic heterocycles. The third kappa shape index (κ3) is 2.71. The van der Waals surface area contributed by atoms with Crippen LogP contribution in [0.15, 0.2) is 0 Å². The number of aliphatic hydroxyl groups is 1. The maximum Gasteiger partial charge on any atom is 0.136 e. The first-order chi connectivity index (χ1) is 14.8. The van der Waals surface area contributed by atoms with E-state index < -0.39 is 0 Å². The molecule has 5 aliphatic carbocycles. The quantitative estimate of drug-likeness (QED) is 0.458. The van der Waals surface area contributed by atoms with E-state index in [9.17, 15) is 9.90 Å². The van der Waals surface area contributed by atoms with Gasteiger partial charge in [-0.1, -0.05) is 48.5 Å². The normalized spacial score (nSPS) is 57.1. The van der Waals surface area contributed by atoms with Crippen molar-refractivity contribution >= 4 is 5.78 Å². The smallest absolute Gasteiger partial charge is 0.136 e. The van der Waals surface area contributed by atoms with Crippen molar-refractivity contribution < 1.29 is 9.90 Å². The molecule has 0 heterocycles. The molecule has 5 saturated carbocycles. The third-order valence-corrected chi connectivity index (χ3v) is 13.8. The van der Waals surface area contributed by atoms with Gasteiger partial charge in [0.1, 0.15) is 5.78 Å². The Balaban J connectivity index is 1.55. The summed E-state index contributed by atoms with van der Waals surface area (Å²) in [6, 6.07) is 0. The van der Waals surface area contributed by atoms with E-state index in [1.165, 1.54) is 57.8 Å². The fraction of sp³-hybridized carbons (Fsp3) is 0.967. The van der Waals surface area contributed by atoms with Crippen molar-refractivity contribution in [3.05, 3.63) is 0 Å². The largest absolute Gasteiger partial charge is 0.396 e. The Hall–Kier alpha value is -0.370. The second kappa shape index (κ2) is 6.86. The van der Waals surface area contributed by atoms with Crippen LogP contribution < -0.4 is 0 Å². The van der Waals surface area contributed by atoms with Crippen LogP contribution in [0.2, 0.25) is 0 Å². The first-order valence-electron chi connectivity index (χ1n) is 13.9. The van der Waals surface area contributed by atoms with Crippen molar-refractivity contribution in [3.63, 3.8) is 0 Å². The summed E-state index contributed by atoms with van der Waals surface area (Å²) in [6.07, 6.45) is 13.4. The fourth-order valence-corrected chi connectivity index (χ4v) is 11.3. The molecule has 2 heteroatoms. The Morgan fingerprint density at radius 3 is 2.06 bits per heavy atom. The second-order valence-corrected chi connectivity index (χ2v) is 15.2. The monoisotopic (exact) mass is 442 g/mol. The van der Waals surface area contributed by atoms with Crippen LogP contribution in [0.5, 0.6) is 0 Å². The molecule has 0 saturated heterocycles. The van der Waals surface area contributed by atoms with Crippen LogP contribution in [0.25, 0.3) is 0 Å². The Labute approximate surface area is 197 Å². The molecule has 1 N–H and O–H groups in total. The van der Waals surface area contributed by atoms with Gasteiger partial charge in [0.05, 0.1) is 0 Å². The Morgan fingerprint density at radius 2 is 1.38 bits per heavy atom. The number of fused-ring (bicyclic) bond motifs is 7. The van der Waals surface area contributed by atoms with Crippen LogP contribution >= 0.6 is 0 Å². The highest BCUT2D eigenvalue weighted by molar-refractivity contribution is 5.82. The number of hydrogen-bond acceptors (Lipinski definition) is 2. The standard InChI is InChI=1S/C30H50O2/c1-20-21(32)8-9-22-26(20,4)11-10-23-27(22,5)13-14-29(7)24-18-25(2,3)12-16-30(24,19-31)17-15-28(23,29)6/h20,22-24,31H,8-19H2,1-7H3/t20-,22+,23-,24-,26+,27-,28-,29-,30+/m0/s1. The van der Waals surface area contributed by atoms with Gasteiger partial charge in [-0.3, -0.25) is 4.79 Å². The summed E-state index contributed by atoms with van der Waals surface area (Å²) in [7, 11) is 0. The zero-order valence-corrected chi connectivity index (χ0v) is 22.2. The van der Waals surface area contributed by atoms with Crippen molar-refractivity contribution in [2.24, 2.45) is 56.2 Å². The van der Waals surface area contributed by atoms with Crippen LogP contribution in [0.3, 0.4) is 0 Å². The minimum absolute atomic E-state index is 0.159. The molecule has 0 spiro atoms. The summed E-state index contributed by atoms with van der Waals surface area (Å²) in [4.78, 5) is 12.7. The van der Waals surface area contributed by atoms with E-state index in [4.69, 9.17) is 0 Å². The lowest BCUT2D eigenvalue weighted by atomic mass is 9.30. The molecular weight excluding hydrogens is 392 g/mol. The summed E-state index contributed by atoms with van der Waals surface area (Å²) in [5.41, 5.74) is 1.78. The Morgan fingerprint density at radius 1 is 0.750 bits per heavy atom. The minimum Gasteiger partial charge on any atom is -0.396 e. The minimum atomic E-state index is 0.159. The van der Waals surface area contributed by atoms with Crippen LogP contribution in [0.1, 0.15) is 119 Å². The number of ketones is 1. The van der Waals surface area contributed by atoms with Crippen LogP contribution in [-0.2, 0) is 4.79 Å². The first kappa shape index (κ1) is 23.4. The van der Waals surface area contributed by atoms with Gasteiger partial charge in [-0.05, 0) is 114 Å². The molecule has 0 aromatic carbocycles. The Bertz CT molecular complexity index is 801. The van der Waals surface area contributed by atoms with E-state index >= 15 is 0 Å². The predicted molar refractivity (Wildman–Crippen MR) is 131 cm³/mol. The lowest BCUT2D eigenvalue weighted by Gasteiger charge is -2.75. The van der Waals surface area contributed by atoms with Gasteiger partial charge in [0.25, 0.3) is 0 Å². The van der Waals surface area contributed by atoms with Gasteiger partial charge in [-0.15, -0.1) is 0 Å².